The van der Waals surface area contributed by atoms with Crippen LogP contribution < -0.4 is 4.74 Å². The van der Waals surface area contributed by atoms with Crippen LogP contribution in [0.3, 0.4) is 0 Å². The Morgan fingerprint density at radius 3 is 2.62 bits per heavy atom. The van der Waals surface area contributed by atoms with Gasteiger partial charge in [0.25, 0.3) is 0 Å². The topological polar surface area (TPSA) is 78.5 Å². The molecule has 2 aromatic heterocycles. The highest BCUT2D eigenvalue weighted by molar-refractivity contribution is 7.11. The summed E-state index contributed by atoms with van der Waals surface area (Å²) in [6.07, 6.45) is -1.52. The fourth-order valence-corrected chi connectivity index (χ4v) is 5.85. The zero-order chi connectivity index (χ0) is 29.7. The second-order valence-corrected chi connectivity index (χ2v) is 11.4. The first kappa shape index (κ1) is 29.4. The van der Waals surface area contributed by atoms with Crippen LogP contribution in [0.5, 0.6) is 5.75 Å². The fraction of sp³-hybridized carbons (Fsp3) is 0.312. The molecule has 0 unspecified atom stereocenters. The van der Waals surface area contributed by atoms with Gasteiger partial charge in [-0.25, -0.2) is 4.79 Å². The number of carboxylic acid groups (broad SMARTS) is 1. The lowest BCUT2D eigenvalue weighted by Crippen LogP contribution is -2.32. The number of hydrogen-bond acceptors (Lipinski definition) is 5. The van der Waals surface area contributed by atoms with Gasteiger partial charge in [0.15, 0.2) is 0 Å². The Morgan fingerprint density at radius 2 is 1.90 bits per heavy atom. The number of para-hydroxylation sites is 1. The lowest BCUT2D eigenvalue weighted by Gasteiger charge is -2.30. The Kier molecular flexibility index (Phi) is 9.00. The van der Waals surface area contributed by atoms with Crippen LogP contribution in [0, 0.1) is 17.8 Å². The highest BCUT2D eigenvalue weighted by atomic mass is 32.1. The predicted molar refractivity (Wildman–Crippen MR) is 156 cm³/mol. The maximum Gasteiger partial charge on any atom is 0.490 e. The van der Waals surface area contributed by atoms with E-state index in [9.17, 15) is 13.2 Å². The molecule has 0 radical (unpaired) electrons. The van der Waals surface area contributed by atoms with Crippen molar-refractivity contribution in [1.29, 1.82) is 0 Å². The molecule has 3 heterocycles. The molecule has 10 heteroatoms. The minimum atomic E-state index is -5.08. The van der Waals surface area contributed by atoms with Gasteiger partial charge in [0.05, 0.1) is 16.3 Å². The summed E-state index contributed by atoms with van der Waals surface area (Å²) >= 11 is 1.66. The molecule has 0 spiro atoms. The van der Waals surface area contributed by atoms with Gasteiger partial charge in [-0.1, -0.05) is 55.2 Å². The van der Waals surface area contributed by atoms with Gasteiger partial charge in [0.2, 0.25) is 0 Å². The molecule has 0 saturated carbocycles. The molecule has 4 aromatic rings. The number of fused-ring (bicyclic) bond motifs is 3. The van der Waals surface area contributed by atoms with E-state index >= 15 is 0 Å². The van der Waals surface area contributed by atoms with Crippen molar-refractivity contribution in [3.63, 3.8) is 0 Å². The van der Waals surface area contributed by atoms with Crippen molar-refractivity contribution in [2.24, 2.45) is 5.92 Å². The number of alkyl halides is 3. The molecular weight excluding hydrogens is 563 g/mol. The molecular formula is C32H30F3N3O3S. The molecule has 1 aliphatic carbocycles. The Labute approximate surface area is 246 Å². The monoisotopic (exact) mass is 593 g/mol. The van der Waals surface area contributed by atoms with E-state index in [-0.39, 0.29) is 0 Å². The first-order valence-electron chi connectivity index (χ1n) is 13.6. The number of hydrogen-bond donors (Lipinski definition) is 2. The number of thiophene rings is 1. The lowest BCUT2D eigenvalue weighted by atomic mass is 9.98. The van der Waals surface area contributed by atoms with Crippen molar-refractivity contribution >= 4 is 17.3 Å². The van der Waals surface area contributed by atoms with Crippen molar-refractivity contribution in [2.75, 3.05) is 19.7 Å². The van der Waals surface area contributed by atoms with Crippen molar-refractivity contribution in [3.05, 3.63) is 81.5 Å². The Bertz CT molecular complexity index is 1590. The molecule has 6 rings (SSSR count). The lowest BCUT2D eigenvalue weighted by molar-refractivity contribution is -0.192. The van der Waals surface area contributed by atoms with Crippen molar-refractivity contribution < 1.29 is 27.8 Å². The predicted octanol–water partition coefficient (Wildman–Crippen LogP) is 7.01. The van der Waals surface area contributed by atoms with Crippen LogP contribution in [0.15, 0.2) is 60.0 Å². The van der Waals surface area contributed by atoms with E-state index in [1.807, 2.05) is 30.3 Å². The van der Waals surface area contributed by atoms with E-state index in [1.165, 1.54) is 53.9 Å². The summed E-state index contributed by atoms with van der Waals surface area (Å²) in [4.78, 5) is 12.5. The number of rotatable bonds is 5. The van der Waals surface area contributed by atoms with E-state index in [2.05, 4.69) is 63.5 Å². The first-order chi connectivity index (χ1) is 20.2. The zero-order valence-electron chi connectivity index (χ0n) is 23.0. The number of halogens is 3. The van der Waals surface area contributed by atoms with Crippen molar-refractivity contribution in [3.8, 4) is 40.1 Å². The third-order valence-electron chi connectivity index (χ3n) is 7.34. The maximum atomic E-state index is 10.6. The fourth-order valence-electron chi connectivity index (χ4n) is 5.09. The molecule has 42 heavy (non-hydrogen) atoms. The number of aromatic nitrogens is 2. The van der Waals surface area contributed by atoms with Crippen LogP contribution in [-0.4, -0.2) is 52.0 Å². The number of carbonyl (C=O) groups is 1. The number of nitrogens with one attached hydrogen (secondary N) is 1. The smallest absolute Gasteiger partial charge is 0.481 e. The number of aliphatic carboxylic acids is 1. The third-order valence-corrected chi connectivity index (χ3v) is 8.18. The van der Waals surface area contributed by atoms with E-state index < -0.39 is 12.1 Å². The van der Waals surface area contributed by atoms with E-state index in [4.69, 9.17) is 14.6 Å². The Morgan fingerprint density at radius 1 is 1.17 bits per heavy atom. The van der Waals surface area contributed by atoms with Gasteiger partial charge in [-0.3, -0.25) is 10.00 Å². The Hall–Kier alpha value is -4.07. The largest absolute Gasteiger partial charge is 0.490 e. The highest BCUT2D eigenvalue weighted by Crippen LogP contribution is 2.41. The number of ether oxygens (including phenoxy) is 1. The molecule has 218 valence electrons. The third kappa shape index (κ3) is 7.22. The molecule has 1 fully saturated rings. The standard InChI is InChI=1S/C30H29N3OS.C2HF3O2/c1-21-11-13-33(14-12-21)19-22-9-10-27-23(16-22)18-28-29(31-32-30(27)28)24-17-26(35-20-24)8-5-15-34-25-6-3-2-4-7-25;3-2(4,5)1(6)7/h2-4,6-7,9-10,16-17,20-21H,11-15,18-19H2,1H3,(H,31,32);(H,6,7). The second-order valence-electron chi connectivity index (χ2n) is 10.5. The summed E-state index contributed by atoms with van der Waals surface area (Å²) in [7, 11) is 0. The molecule has 0 amide bonds. The molecule has 0 atom stereocenters. The second kappa shape index (κ2) is 12.8. The van der Waals surface area contributed by atoms with Crippen LogP contribution in [0.4, 0.5) is 13.2 Å². The number of H-pyrrole nitrogens is 1. The van der Waals surface area contributed by atoms with Crippen LogP contribution in [-0.2, 0) is 17.8 Å². The zero-order valence-corrected chi connectivity index (χ0v) is 23.8. The van der Waals surface area contributed by atoms with Gasteiger partial charge < -0.3 is 9.84 Å². The van der Waals surface area contributed by atoms with Crippen molar-refractivity contribution in [1.82, 2.24) is 15.1 Å². The van der Waals surface area contributed by atoms with E-state index in [0.717, 1.165) is 40.8 Å². The van der Waals surface area contributed by atoms with Crippen LogP contribution in [0.2, 0.25) is 0 Å². The van der Waals surface area contributed by atoms with Gasteiger partial charge in [0.1, 0.15) is 12.4 Å². The van der Waals surface area contributed by atoms with Crippen LogP contribution in [0.1, 0.15) is 41.3 Å². The highest BCUT2D eigenvalue weighted by Gasteiger charge is 2.38. The average Bonchev–Trinajstić information content (AvgIpc) is 3.68. The number of nitrogens with zero attached hydrogens (tertiary/aromatic N) is 2. The van der Waals surface area contributed by atoms with Gasteiger partial charge in [-0.2, -0.15) is 18.3 Å². The number of carboxylic acids is 1. The SMILES string of the molecule is CC1CCN(Cc2ccc3c(c2)Cc2c(-c4csc(C#CCOc5ccccc5)c4)n[nH]c2-3)CC1.O=C(O)C(F)(F)F. The quantitative estimate of drug-likeness (QED) is 0.215. The number of piperidine rings is 1. The minimum absolute atomic E-state index is 0.378. The van der Waals surface area contributed by atoms with E-state index in [0.29, 0.717) is 6.61 Å². The number of likely N-dealkylation sites (tertiary alicyclic amines) is 1. The summed E-state index contributed by atoms with van der Waals surface area (Å²) in [5, 5.41) is 17.3. The molecule has 6 nitrogen and oxygen atoms in total. The van der Waals surface area contributed by atoms with E-state index in [1.54, 1.807) is 11.3 Å². The summed E-state index contributed by atoms with van der Waals surface area (Å²) in [6.45, 7) is 6.23. The summed E-state index contributed by atoms with van der Waals surface area (Å²) in [5.41, 5.74) is 8.78. The van der Waals surface area contributed by atoms with Gasteiger partial charge in [-0.15, -0.1) is 11.3 Å². The average molecular weight is 594 g/mol. The van der Waals surface area contributed by atoms with Crippen LogP contribution >= 0.6 is 11.3 Å². The van der Waals surface area contributed by atoms with Gasteiger partial charge >= 0.3 is 12.1 Å². The summed E-state index contributed by atoms with van der Waals surface area (Å²) in [6, 6.07) is 18.9. The van der Waals surface area contributed by atoms with Crippen molar-refractivity contribution in [2.45, 2.75) is 38.9 Å². The maximum absolute atomic E-state index is 10.6. The summed E-state index contributed by atoms with van der Waals surface area (Å²) < 4.78 is 37.4. The molecule has 1 saturated heterocycles. The number of benzene rings is 2. The first-order valence-corrected chi connectivity index (χ1v) is 14.5. The summed E-state index contributed by atoms with van der Waals surface area (Å²) in [5.74, 6) is 5.31. The van der Waals surface area contributed by atoms with Crippen LogP contribution in [0.25, 0.3) is 22.5 Å². The van der Waals surface area contributed by atoms with Gasteiger partial charge in [0, 0.05) is 35.0 Å². The Balaban J connectivity index is 0.000000451. The molecule has 0 bridgehead atoms. The normalized spacial score (nSPS) is 14.7. The molecule has 1 aliphatic heterocycles. The minimum Gasteiger partial charge on any atom is -0.481 e. The molecule has 2 aromatic carbocycles. The van der Waals surface area contributed by atoms with Gasteiger partial charge in [-0.05, 0) is 61.2 Å². The number of aromatic amines is 1. The molecule has 2 N–H and O–H groups in total. The molecule has 2 aliphatic rings.